The van der Waals surface area contributed by atoms with Crippen molar-refractivity contribution >= 4 is 26.0 Å². The van der Waals surface area contributed by atoms with Gasteiger partial charge in [0.15, 0.2) is 0 Å². The lowest BCUT2D eigenvalue weighted by Crippen LogP contribution is -2.26. The first kappa shape index (κ1) is 13.7. The summed E-state index contributed by atoms with van der Waals surface area (Å²) in [5.41, 5.74) is 1.21. The molecule has 1 aromatic carbocycles. The van der Waals surface area contributed by atoms with Gasteiger partial charge in [0.05, 0.1) is 5.75 Å². The van der Waals surface area contributed by atoms with E-state index in [-0.39, 0.29) is 5.75 Å². The van der Waals surface area contributed by atoms with Crippen LogP contribution in [0, 0.1) is 0 Å². The zero-order valence-electron chi connectivity index (χ0n) is 9.24. The lowest BCUT2D eigenvalue weighted by Gasteiger charge is -2.04. The molecule has 16 heavy (non-hydrogen) atoms. The molecule has 1 rings (SSSR count). The van der Waals surface area contributed by atoms with E-state index < -0.39 is 10.0 Å². The molecule has 5 heteroatoms. The second-order valence-electron chi connectivity index (χ2n) is 3.53. The van der Waals surface area contributed by atoms with Gasteiger partial charge in [0, 0.05) is 11.0 Å². The maximum Gasteiger partial charge on any atom is 0.211 e. The van der Waals surface area contributed by atoms with E-state index >= 15 is 0 Å². The van der Waals surface area contributed by atoms with Crippen LogP contribution in [0.1, 0.15) is 18.9 Å². The molecule has 3 nitrogen and oxygen atoms in total. The molecule has 0 unspecified atom stereocenters. The molecule has 0 aliphatic heterocycles. The van der Waals surface area contributed by atoms with Gasteiger partial charge in [0.2, 0.25) is 10.0 Å². The van der Waals surface area contributed by atoms with E-state index in [1.54, 1.807) is 6.92 Å². The van der Waals surface area contributed by atoms with Crippen molar-refractivity contribution in [2.75, 3.05) is 12.3 Å². The Morgan fingerprint density at radius 1 is 1.38 bits per heavy atom. The first-order chi connectivity index (χ1) is 7.53. The van der Waals surface area contributed by atoms with Gasteiger partial charge < -0.3 is 0 Å². The van der Waals surface area contributed by atoms with Crippen LogP contribution in [0.25, 0.3) is 0 Å². The largest absolute Gasteiger partial charge is 0.215 e. The van der Waals surface area contributed by atoms with Crippen LogP contribution in [0.2, 0.25) is 0 Å². The molecule has 0 saturated heterocycles. The fraction of sp³-hybridized carbons (Fsp3) is 0.455. The topological polar surface area (TPSA) is 46.2 Å². The number of rotatable bonds is 6. The van der Waals surface area contributed by atoms with Crippen LogP contribution in [0.3, 0.4) is 0 Å². The highest BCUT2D eigenvalue weighted by Crippen LogP contribution is 2.12. The van der Waals surface area contributed by atoms with E-state index in [2.05, 4.69) is 20.7 Å². The molecule has 0 fully saturated rings. The third-order valence-corrected chi connectivity index (χ3v) is 4.13. The molecule has 0 aromatic heterocycles. The highest BCUT2D eigenvalue weighted by atomic mass is 79.9. The molecule has 0 radical (unpaired) electrons. The molecule has 0 spiro atoms. The smallest absolute Gasteiger partial charge is 0.211 e. The van der Waals surface area contributed by atoms with E-state index in [1.165, 1.54) is 5.56 Å². The molecule has 0 aliphatic rings. The van der Waals surface area contributed by atoms with Crippen molar-refractivity contribution in [2.45, 2.75) is 19.8 Å². The van der Waals surface area contributed by atoms with Crippen molar-refractivity contribution in [1.82, 2.24) is 4.72 Å². The number of aryl methyl sites for hydroxylation is 1. The minimum atomic E-state index is -3.04. The summed E-state index contributed by atoms with van der Waals surface area (Å²) < 4.78 is 25.9. The normalized spacial score (nSPS) is 11.6. The average molecular weight is 306 g/mol. The summed E-state index contributed by atoms with van der Waals surface area (Å²) in [6.45, 7) is 2.14. The van der Waals surface area contributed by atoms with Crippen LogP contribution in [-0.2, 0) is 16.4 Å². The number of hydrogen-bond acceptors (Lipinski definition) is 2. The van der Waals surface area contributed by atoms with Gasteiger partial charge >= 0.3 is 0 Å². The Morgan fingerprint density at radius 2 is 2.12 bits per heavy atom. The first-order valence-corrected chi connectivity index (χ1v) is 7.70. The minimum absolute atomic E-state index is 0.143. The van der Waals surface area contributed by atoms with Gasteiger partial charge in [-0.05, 0) is 37.5 Å². The van der Waals surface area contributed by atoms with E-state index in [9.17, 15) is 8.42 Å². The lowest BCUT2D eigenvalue weighted by molar-refractivity contribution is 0.580. The molecular formula is C11H16BrNO2S. The second kappa shape index (κ2) is 6.37. The minimum Gasteiger partial charge on any atom is -0.215 e. The van der Waals surface area contributed by atoms with Gasteiger partial charge in [0.1, 0.15) is 0 Å². The predicted octanol–water partition coefficient (Wildman–Crippen LogP) is 2.32. The Kier molecular flexibility index (Phi) is 5.44. The molecule has 0 aliphatic carbocycles. The fourth-order valence-electron chi connectivity index (χ4n) is 1.31. The first-order valence-electron chi connectivity index (χ1n) is 5.25. The molecular weight excluding hydrogens is 290 g/mol. The van der Waals surface area contributed by atoms with Crippen molar-refractivity contribution in [1.29, 1.82) is 0 Å². The van der Waals surface area contributed by atoms with Gasteiger partial charge in [-0.15, -0.1) is 0 Å². The van der Waals surface area contributed by atoms with Crippen LogP contribution in [-0.4, -0.2) is 20.7 Å². The number of nitrogens with one attached hydrogen (secondary N) is 1. The van der Waals surface area contributed by atoms with Crippen LogP contribution in [0.15, 0.2) is 28.7 Å². The summed E-state index contributed by atoms with van der Waals surface area (Å²) in [5.74, 6) is 0.143. The van der Waals surface area contributed by atoms with E-state index in [4.69, 9.17) is 0 Å². The molecule has 0 heterocycles. The summed E-state index contributed by atoms with van der Waals surface area (Å²) in [7, 11) is -3.04. The Morgan fingerprint density at radius 3 is 2.75 bits per heavy atom. The van der Waals surface area contributed by atoms with Gasteiger partial charge in [-0.3, -0.25) is 0 Å². The Balaban J connectivity index is 2.32. The lowest BCUT2D eigenvalue weighted by atomic mass is 10.1. The summed E-state index contributed by atoms with van der Waals surface area (Å²) in [5, 5.41) is 0. The molecule has 0 bridgehead atoms. The van der Waals surface area contributed by atoms with Crippen LogP contribution < -0.4 is 4.72 Å². The standard InChI is InChI=1S/C11H16BrNO2S/c1-2-16(14,15)13-8-4-6-10-5-3-7-11(12)9-10/h3,5,7,9,13H,2,4,6,8H2,1H3. The summed E-state index contributed by atoms with van der Waals surface area (Å²) >= 11 is 3.40. The maximum atomic E-state index is 11.1. The number of hydrogen-bond donors (Lipinski definition) is 1. The zero-order chi connectivity index (χ0) is 12.0. The highest BCUT2D eigenvalue weighted by Gasteiger charge is 2.04. The van der Waals surface area contributed by atoms with E-state index in [1.807, 2.05) is 24.3 Å². The SMILES string of the molecule is CCS(=O)(=O)NCCCc1cccc(Br)c1. The Bertz CT molecular complexity index is 431. The molecule has 0 atom stereocenters. The molecule has 1 aromatic rings. The summed E-state index contributed by atoms with van der Waals surface area (Å²) in [4.78, 5) is 0. The number of benzene rings is 1. The van der Waals surface area contributed by atoms with Crippen molar-refractivity contribution in [3.63, 3.8) is 0 Å². The van der Waals surface area contributed by atoms with Crippen molar-refractivity contribution in [3.05, 3.63) is 34.3 Å². The molecule has 1 N–H and O–H groups in total. The van der Waals surface area contributed by atoms with Gasteiger partial charge in [-0.1, -0.05) is 28.1 Å². The fourth-order valence-corrected chi connectivity index (χ4v) is 2.42. The quantitative estimate of drug-likeness (QED) is 0.820. The summed E-state index contributed by atoms with van der Waals surface area (Å²) in [6.07, 6.45) is 1.70. The molecule has 90 valence electrons. The van der Waals surface area contributed by atoms with Crippen LogP contribution in [0.4, 0.5) is 0 Å². The average Bonchev–Trinajstić information content (AvgIpc) is 2.25. The Labute approximate surface area is 105 Å². The van der Waals surface area contributed by atoms with Crippen molar-refractivity contribution < 1.29 is 8.42 Å². The van der Waals surface area contributed by atoms with Gasteiger partial charge in [-0.25, -0.2) is 13.1 Å². The maximum absolute atomic E-state index is 11.1. The third kappa shape index (κ3) is 5.09. The second-order valence-corrected chi connectivity index (χ2v) is 6.54. The summed E-state index contributed by atoms with van der Waals surface area (Å²) in [6, 6.07) is 8.05. The predicted molar refractivity (Wildman–Crippen MR) is 69.9 cm³/mol. The molecule has 0 amide bonds. The van der Waals surface area contributed by atoms with Gasteiger partial charge in [0.25, 0.3) is 0 Å². The van der Waals surface area contributed by atoms with E-state index in [0.717, 1.165) is 17.3 Å². The van der Waals surface area contributed by atoms with E-state index in [0.29, 0.717) is 6.54 Å². The molecule has 0 saturated carbocycles. The van der Waals surface area contributed by atoms with Gasteiger partial charge in [-0.2, -0.15) is 0 Å². The highest BCUT2D eigenvalue weighted by molar-refractivity contribution is 9.10. The third-order valence-electron chi connectivity index (χ3n) is 2.23. The van der Waals surface area contributed by atoms with Crippen LogP contribution >= 0.6 is 15.9 Å². The zero-order valence-corrected chi connectivity index (χ0v) is 11.6. The monoisotopic (exact) mass is 305 g/mol. The Hall–Kier alpha value is -0.390. The number of halogens is 1. The van der Waals surface area contributed by atoms with Crippen molar-refractivity contribution in [3.8, 4) is 0 Å². The number of sulfonamides is 1. The van der Waals surface area contributed by atoms with Crippen LogP contribution in [0.5, 0.6) is 0 Å². The van der Waals surface area contributed by atoms with Crippen molar-refractivity contribution in [2.24, 2.45) is 0 Å².